The molecule has 0 atom stereocenters. The van der Waals surface area contributed by atoms with E-state index in [0.717, 1.165) is 0 Å². The van der Waals surface area contributed by atoms with E-state index in [2.05, 4.69) is 14.7 Å². The van der Waals surface area contributed by atoms with Crippen LogP contribution in [0.15, 0.2) is 18.2 Å². The summed E-state index contributed by atoms with van der Waals surface area (Å²) in [6.45, 7) is 1.76. The number of aromatic nitrogens is 2. The lowest BCUT2D eigenvalue weighted by Crippen LogP contribution is -1.95. The molecule has 2 aromatic rings. The summed E-state index contributed by atoms with van der Waals surface area (Å²) in [5, 5.41) is 23.0. The van der Waals surface area contributed by atoms with Gasteiger partial charge >= 0.3 is 0 Å². The Hall–Kier alpha value is -2.53. The number of hydrogen-bond donors (Lipinski definition) is 1. The van der Waals surface area contributed by atoms with Gasteiger partial charge in [0.2, 0.25) is 5.13 Å². The third kappa shape index (κ3) is 2.41. The fourth-order valence-corrected chi connectivity index (χ4v) is 1.93. The molecule has 0 saturated heterocycles. The van der Waals surface area contributed by atoms with Gasteiger partial charge in [0.05, 0.1) is 4.92 Å². The molecule has 1 heterocycles. The number of nitrogens with one attached hydrogen (secondary N) is 1. The summed E-state index contributed by atoms with van der Waals surface area (Å²) < 4.78 is 4.00. The van der Waals surface area contributed by atoms with Gasteiger partial charge in [-0.3, -0.25) is 10.1 Å². The van der Waals surface area contributed by atoms with Crippen LogP contribution in [-0.4, -0.2) is 14.3 Å². The van der Waals surface area contributed by atoms with Crippen LogP contribution in [0.3, 0.4) is 0 Å². The van der Waals surface area contributed by atoms with Gasteiger partial charge in [0.15, 0.2) is 0 Å². The highest BCUT2D eigenvalue weighted by Gasteiger charge is 2.14. The van der Waals surface area contributed by atoms with E-state index in [1.165, 1.54) is 29.7 Å². The minimum absolute atomic E-state index is 0.00578. The minimum atomic E-state index is -0.586. The zero-order valence-electron chi connectivity index (χ0n) is 9.25. The second-order valence-corrected chi connectivity index (χ2v) is 4.12. The van der Waals surface area contributed by atoms with Crippen molar-refractivity contribution in [2.24, 2.45) is 0 Å². The molecule has 0 radical (unpaired) electrons. The van der Waals surface area contributed by atoms with Gasteiger partial charge in [0.1, 0.15) is 17.5 Å². The quantitative estimate of drug-likeness (QED) is 0.671. The van der Waals surface area contributed by atoms with Crippen LogP contribution >= 0.6 is 11.5 Å². The van der Waals surface area contributed by atoms with Crippen molar-refractivity contribution >= 4 is 28.0 Å². The first-order valence-electron chi connectivity index (χ1n) is 4.86. The van der Waals surface area contributed by atoms with Gasteiger partial charge in [-0.25, -0.2) is 4.98 Å². The number of rotatable bonds is 3. The van der Waals surface area contributed by atoms with Crippen LogP contribution in [0.1, 0.15) is 11.4 Å². The van der Waals surface area contributed by atoms with Gasteiger partial charge in [-0.1, -0.05) is 0 Å². The highest BCUT2D eigenvalue weighted by Crippen LogP contribution is 2.24. The van der Waals surface area contributed by atoms with Crippen molar-refractivity contribution < 1.29 is 4.92 Å². The first-order chi connectivity index (χ1) is 8.60. The summed E-state index contributed by atoms with van der Waals surface area (Å²) in [5.74, 6) is 0.643. The molecular formula is C10H7N5O2S. The largest absolute Gasteiger partial charge is 0.330 e. The summed E-state index contributed by atoms with van der Waals surface area (Å²) in [5.41, 5.74) is 0.357. The van der Waals surface area contributed by atoms with Crippen LogP contribution in [0.4, 0.5) is 16.5 Å². The predicted molar refractivity (Wildman–Crippen MR) is 65.7 cm³/mol. The predicted octanol–water partition coefficient (Wildman–Crippen LogP) is 2.37. The number of nitro groups is 1. The molecule has 0 aliphatic rings. The average Bonchev–Trinajstić information content (AvgIpc) is 2.74. The molecule has 8 heteroatoms. The molecule has 0 aliphatic carbocycles. The smallest absolute Gasteiger partial charge is 0.287 e. The Balaban J connectivity index is 2.31. The Bertz CT molecular complexity index is 646. The Labute approximate surface area is 106 Å². The summed E-state index contributed by atoms with van der Waals surface area (Å²) in [6, 6.07) is 6.02. The van der Waals surface area contributed by atoms with E-state index in [1.54, 1.807) is 13.0 Å². The van der Waals surface area contributed by atoms with Crippen LogP contribution in [0.2, 0.25) is 0 Å². The molecule has 1 aromatic heterocycles. The first kappa shape index (κ1) is 11.9. The van der Waals surface area contributed by atoms with Crippen molar-refractivity contribution in [2.75, 3.05) is 5.32 Å². The van der Waals surface area contributed by atoms with Crippen LogP contribution in [0.5, 0.6) is 0 Å². The van der Waals surface area contributed by atoms with Gasteiger partial charge in [-0.15, -0.1) is 0 Å². The molecular weight excluding hydrogens is 254 g/mol. The highest BCUT2D eigenvalue weighted by molar-refractivity contribution is 7.09. The maximum absolute atomic E-state index is 10.7. The molecule has 0 aliphatic heterocycles. The Morgan fingerprint density at radius 3 is 2.89 bits per heavy atom. The second kappa shape index (κ2) is 4.77. The zero-order chi connectivity index (χ0) is 13.1. The van der Waals surface area contributed by atoms with Crippen LogP contribution in [0, 0.1) is 28.4 Å². The van der Waals surface area contributed by atoms with E-state index in [4.69, 9.17) is 5.26 Å². The molecule has 2 rings (SSSR count). The van der Waals surface area contributed by atoms with Gasteiger partial charge in [-0.05, 0) is 19.1 Å². The van der Waals surface area contributed by atoms with Crippen molar-refractivity contribution in [3.05, 3.63) is 39.7 Å². The minimum Gasteiger partial charge on any atom is -0.330 e. The SMILES string of the molecule is Cc1nsc(Nc2ccc([N+](=O)[O-])c(C#N)c2)n1. The van der Waals surface area contributed by atoms with Gasteiger partial charge in [0, 0.05) is 23.3 Å². The van der Waals surface area contributed by atoms with Gasteiger partial charge < -0.3 is 5.32 Å². The topological polar surface area (TPSA) is 105 Å². The van der Waals surface area contributed by atoms with E-state index in [-0.39, 0.29) is 11.3 Å². The molecule has 18 heavy (non-hydrogen) atoms. The third-order valence-corrected chi connectivity index (χ3v) is 2.81. The third-order valence-electron chi connectivity index (χ3n) is 2.09. The molecule has 1 N–H and O–H groups in total. The summed E-state index contributed by atoms with van der Waals surface area (Å²) in [6.07, 6.45) is 0. The number of benzene rings is 1. The zero-order valence-corrected chi connectivity index (χ0v) is 10.1. The van der Waals surface area contributed by atoms with E-state index in [9.17, 15) is 10.1 Å². The Morgan fingerprint density at radius 2 is 2.33 bits per heavy atom. The van der Waals surface area contributed by atoms with Gasteiger partial charge in [0.25, 0.3) is 5.69 Å². The molecule has 0 unspecified atom stereocenters. The molecule has 90 valence electrons. The summed E-state index contributed by atoms with van der Waals surface area (Å²) >= 11 is 1.18. The van der Waals surface area contributed by atoms with E-state index in [0.29, 0.717) is 16.6 Å². The molecule has 0 saturated carbocycles. The highest BCUT2D eigenvalue weighted by atomic mass is 32.1. The molecule has 1 aromatic carbocycles. The molecule has 0 fully saturated rings. The van der Waals surface area contributed by atoms with Crippen molar-refractivity contribution in [2.45, 2.75) is 6.92 Å². The number of nitro benzene ring substituents is 1. The Kier molecular flexibility index (Phi) is 3.16. The average molecular weight is 261 g/mol. The van der Waals surface area contributed by atoms with E-state index < -0.39 is 4.92 Å². The normalized spacial score (nSPS) is 9.78. The summed E-state index contributed by atoms with van der Waals surface area (Å²) in [4.78, 5) is 14.2. The molecule has 0 bridgehead atoms. The molecule has 0 spiro atoms. The number of aryl methyl sites for hydroxylation is 1. The maximum atomic E-state index is 10.7. The van der Waals surface area contributed by atoms with Crippen molar-refractivity contribution in [3.63, 3.8) is 0 Å². The van der Waals surface area contributed by atoms with Crippen LogP contribution < -0.4 is 5.32 Å². The lowest BCUT2D eigenvalue weighted by molar-refractivity contribution is -0.385. The molecule has 7 nitrogen and oxygen atoms in total. The van der Waals surface area contributed by atoms with Crippen LogP contribution in [0.25, 0.3) is 0 Å². The lowest BCUT2D eigenvalue weighted by atomic mass is 10.2. The Morgan fingerprint density at radius 1 is 1.56 bits per heavy atom. The van der Waals surface area contributed by atoms with Crippen molar-refractivity contribution in [1.82, 2.24) is 9.36 Å². The lowest BCUT2D eigenvalue weighted by Gasteiger charge is -2.02. The second-order valence-electron chi connectivity index (χ2n) is 3.37. The number of nitrogens with zero attached hydrogens (tertiary/aromatic N) is 4. The molecule has 0 amide bonds. The number of hydrogen-bond acceptors (Lipinski definition) is 7. The fraction of sp³-hybridized carbons (Fsp3) is 0.100. The fourth-order valence-electron chi connectivity index (χ4n) is 1.33. The van der Waals surface area contributed by atoms with Gasteiger partial charge in [-0.2, -0.15) is 9.64 Å². The van der Waals surface area contributed by atoms with E-state index in [1.807, 2.05) is 0 Å². The van der Waals surface area contributed by atoms with E-state index >= 15 is 0 Å². The number of anilines is 2. The van der Waals surface area contributed by atoms with Crippen molar-refractivity contribution in [1.29, 1.82) is 5.26 Å². The first-order valence-corrected chi connectivity index (χ1v) is 5.63. The number of nitriles is 1. The van der Waals surface area contributed by atoms with Crippen molar-refractivity contribution in [3.8, 4) is 6.07 Å². The standard InChI is InChI=1S/C10H7N5O2S/c1-6-12-10(18-14-6)13-8-2-3-9(15(16)17)7(4-8)5-11/h2-4H,1H3,(H,12,13,14). The monoisotopic (exact) mass is 261 g/mol. The maximum Gasteiger partial charge on any atom is 0.287 e. The summed E-state index contributed by atoms with van der Waals surface area (Å²) in [7, 11) is 0. The van der Waals surface area contributed by atoms with Crippen LogP contribution in [-0.2, 0) is 0 Å².